The number of rotatable bonds is 5. The van der Waals surface area contributed by atoms with Gasteiger partial charge in [0.05, 0.1) is 6.04 Å². The van der Waals surface area contributed by atoms with E-state index in [0.717, 1.165) is 24.0 Å². The van der Waals surface area contributed by atoms with E-state index < -0.39 is 11.8 Å². The van der Waals surface area contributed by atoms with E-state index in [1.807, 2.05) is 37.3 Å². The van der Waals surface area contributed by atoms with Crippen LogP contribution < -0.4 is 10.6 Å². The molecule has 0 spiro atoms. The molecule has 1 atom stereocenters. The van der Waals surface area contributed by atoms with Crippen LogP contribution >= 0.6 is 0 Å². The Morgan fingerprint density at radius 2 is 1.68 bits per heavy atom. The van der Waals surface area contributed by atoms with Gasteiger partial charge in [-0.3, -0.25) is 9.59 Å². The molecule has 2 aromatic carbocycles. The molecule has 0 aliphatic heterocycles. The van der Waals surface area contributed by atoms with Gasteiger partial charge < -0.3 is 10.6 Å². The molecule has 0 unspecified atom stereocenters. The Labute approximate surface area is 146 Å². The van der Waals surface area contributed by atoms with Gasteiger partial charge in [0.1, 0.15) is 5.82 Å². The van der Waals surface area contributed by atoms with Gasteiger partial charge in [0.25, 0.3) is 0 Å². The van der Waals surface area contributed by atoms with Gasteiger partial charge in [-0.05, 0) is 43.0 Å². The minimum absolute atomic E-state index is 0.172. The standard InChI is InChI=1S/C20H21FN2O2/c1-14(15-5-3-2-4-6-15)23-19(25)18(24)22-13-20(11-12-20)16-7-9-17(21)10-8-16/h2-10,14H,11-13H2,1H3,(H,22,24)(H,23,25)/t14-/m1/s1. The zero-order valence-corrected chi connectivity index (χ0v) is 14.1. The van der Waals surface area contributed by atoms with Crippen molar-refractivity contribution in [3.8, 4) is 0 Å². The average Bonchev–Trinajstić information content (AvgIpc) is 3.42. The molecule has 25 heavy (non-hydrogen) atoms. The Balaban J connectivity index is 1.54. The zero-order chi connectivity index (χ0) is 17.9. The summed E-state index contributed by atoms with van der Waals surface area (Å²) in [5.74, 6) is -1.57. The fourth-order valence-electron chi connectivity index (χ4n) is 2.94. The van der Waals surface area contributed by atoms with Gasteiger partial charge >= 0.3 is 11.8 Å². The second-order valence-electron chi connectivity index (χ2n) is 6.58. The molecule has 1 aliphatic carbocycles. The van der Waals surface area contributed by atoms with Crippen molar-refractivity contribution in [3.05, 3.63) is 71.5 Å². The summed E-state index contributed by atoms with van der Waals surface area (Å²) in [7, 11) is 0. The molecule has 130 valence electrons. The van der Waals surface area contributed by atoms with E-state index in [2.05, 4.69) is 10.6 Å². The van der Waals surface area contributed by atoms with Crippen LogP contribution in [0.5, 0.6) is 0 Å². The number of benzene rings is 2. The molecule has 2 aromatic rings. The highest BCUT2D eigenvalue weighted by atomic mass is 19.1. The summed E-state index contributed by atoms with van der Waals surface area (Å²) >= 11 is 0. The Hall–Kier alpha value is -2.69. The first kappa shape index (κ1) is 17.1. The zero-order valence-electron chi connectivity index (χ0n) is 14.1. The van der Waals surface area contributed by atoms with Crippen LogP contribution in [-0.4, -0.2) is 18.4 Å². The maximum atomic E-state index is 13.1. The second-order valence-corrected chi connectivity index (χ2v) is 6.58. The van der Waals surface area contributed by atoms with Gasteiger partial charge in [-0.1, -0.05) is 42.5 Å². The normalized spacial score (nSPS) is 15.9. The quantitative estimate of drug-likeness (QED) is 0.823. The molecule has 5 heteroatoms. The van der Waals surface area contributed by atoms with E-state index in [9.17, 15) is 14.0 Å². The lowest BCUT2D eigenvalue weighted by atomic mass is 9.96. The molecule has 3 rings (SSSR count). The first-order valence-corrected chi connectivity index (χ1v) is 8.40. The van der Waals surface area contributed by atoms with E-state index in [-0.39, 0.29) is 17.3 Å². The number of hydrogen-bond donors (Lipinski definition) is 2. The van der Waals surface area contributed by atoms with Crippen molar-refractivity contribution in [2.45, 2.75) is 31.2 Å². The fourth-order valence-corrected chi connectivity index (χ4v) is 2.94. The Kier molecular flexibility index (Phi) is 4.83. The average molecular weight is 340 g/mol. The summed E-state index contributed by atoms with van der Waals surface area (Å²) in [5.41, 5.74) is 1.76. The van der Waals surface area contributed by atoms with E-state index >= 15 is 0 Å². The van der Waals surface area contributed by atoms with E-state index in [4.69, 9.17) is 0 Å². The van der Waals surface area contributed by atoms with Crippen molar-refractivity contribution >= 4 is 11.8 Å². The largest absolute Gasteiger partial charge is 0.347 e. The van der Waals surface area contributed by atoms with Crippen LogP contribution in [0.4, 0.5) is 4.39 Å². The van der Waals surface area contributed by atoms with Gasteiger partial charge in [0, 0.05) is 12.0 Å². The van der Waals surface area contributed by atoms with Crippen LogP contribution in [0, 0.1) is 5.82 Å². The number of carbonyl (C=O) groups is 2. The van der Waals surface area contributed by atoms with Crippen molar-refractivity contribution in [1.29, 1.82) is 0 Å². The van der Waals surface area contributed by atoms with Gasteiger partial charge in [-0.25, -0.2) is 4.39 Å². The Bertz CT molecular complexity index is 755. The predicted octanol–water partition coefficient (Wildman–Crippen LogP) is 2.85. The highest BCUT2D eigenvalue weighted by molar-refractivity contribution is 6.35. The third-order valence-corrected chi connectivity index (χ3v) is 4.75. The van der Waals surface area contributed by atoms with Gasteiger partial charge in [0.15, 0.2) is 0 Å². The molecule has 4 nitrogen and oxygen atoms in total. The number of carbonyl (C=O) groups excluding carboxylic acids is 2. The first-order valence-electron chi connectivity index (χ1n) is 8.40. The Morgan fingerprint density at radius 3 is 2.28 bits per heavy atom. The van der Waals surface area contributed by atoms with Crippen molar-refractivity contribution in [2.75, 3.05) is 6.54 Å². The fraction of sp³-hybridized carbons (Fsp3) is 0.300. The van der Waals surface area contributed by atoms with Gasteiger partial charge in [-0.15, -0.1) is 0 Å². The summed E-state index contributed by atoms with van der Waals surface area (Å²) in [4.78, 5) is 24.2. The molecule has 1 fully saturated rings. The molecule has 1 saturated carbocycles. The van der Waals surface area contributed by atoms with Crippen LogP contribution in [0.3, 0.4) is 0 Å². The van der Waals surface area contributed by atoms with Gasteiger partial charge in [-0.2, -0.15) is 0 Å². The highest BCUT2D eigenvalue weighted by Crippen LogP contribution is 2.47. The van der Waals surface area contributed by atoms with Crippen molar-refractivity contribution < 1.29 is 14.0 Å². The third kappa shape index (κ3) is 4.05. The maximum Gasteiger partial charge on any atom is 0.309 e. The summed E-state index contributed by atoms with van der Waals surface area (Å²) in [6, 6.07) is 15.6. The predicted molar refractivity (Wildman–Crippen MR) is 93.3 cm³/mol. The lowest BCUT2D eigenvalue weighted by Gasteiger charge is -2.18. The van der Waals surface area contributed by atoms with E-state index in [1.54, 1.807) is 12.1 Å². The smallest absolute Gasteiger partial charge is 0.309 e. The molecular weight excluding hydrogens is 319 g/mol. The summed E-state index contributed by atoms with van der Waals surface area (Å²) < 4.78 is 13.1. The van der Waals surface area contributed by atoms with Crippen LogP contribution in [0.15, 0.2) is 54.6 Å². The topological polar surface area (TPSA) is 58.2 Å². The number of halogens is 1. The lowest BCUT2D eigenvalue weighted by molar-refractivity contribution is -0.139. The molecule has 0 aromatic heterocycles. The van der Waals surface area contributed by atoms with Crippen LogP contribution in [0.2, 0.25) is 0 Å². The second kappa shape index (κ2) is 7.05. The van der Waals surface area contributed by atoms with Crippen molar-refractivity contribution in [3.63, 3.8) is 0 Å². The highest BCUT2D eigenvalue weighted by Gasteiger charge is 2.44. The van der Waals surface area contributed by atoms with Crippen LogP contribution in [-0.2, 0) is 15.0 Å². The lowest BCUT2D eigenvalue weighted by Crippen LogP contribution is -2.43. The summed E-state index contributed by atoms with van der Waals surface area (Å²) in [6.45, 7) is 2.21. The molecule has 0 saturated heterocycles. The molecule has 1 aliphatic rings. The Morgan fingerprint density at radius 1 is 1.04 bits per heavy atom. The molecule has 0 heterocycles. The van der Waals surface area contributed by atoms with Crippen molar-refractivity contribution in [1.82, 2.24) is 10.6 Å². The van der Waals surface area contributed by atoms with Crippen molar-refractivity contribution in [2.24, 2.45) is 0 Å². The molecule has 0 radical (unpaired) electrons. The minimum atomic E-state index is -0.647. The van der Waals surface area contributed by atoms with E-state index in [1.165, 1.54) is 12.1 Å². The maximum absolute atomic E-state index is 13.1. The first-order chi connectivity index (χ1) is 12.0. The molecule has 2 N–H and O–H groups in total. The monoisotopic (exact) mass is 340 g/mol. The van der Waals surface area contributed by atoms with E-state index in [0.29, 0.717) is 6.54 Å². The summed E-state index contributed by atoms with van der Waals surface area (Å²) in [6.07, 6.45) is 1.84. The number of nitrogens with one attached hydrogen (secondary N) is 2. The minimum Gasteiger partial charge on any atom is -0.347 e. The molecule has 2 amide bonds. The van der Waals surface area contributed by atoms with Crippen LogP contribution in [0.25, 0.3) is 0 Å². The summed E-state index contributed by atoms with van der Waals surface area (Å²) in [5, 5.41) is 5.41. The molecule has 0 bridgehead atoms. The molecular formula is C20H21FN2O2. The number of amides is 2. The number of hydrogen-bond acceptors (Lipinski definition) is 2. The third-order valence-electron chi connectivity index (χ3n) is 4.75. The van der Waals surface area contributed by atoms with Gasteiger partial charge in [0.2, 0.25) is 0 Å². The van der Waals surface area contributed by atoms with Crippen LogP contribution in [0.1, 0.15) is 36.9 Å². The SMILES string of the molecule is C[C@@H](NC(=O)C(=O)NCC1(c2ccc(F)cc2)CC1)c1ccccc1.